The summed E-state index contributed by atoms with van der Waals surface area (Å²) in [6.07, 6.45) is 6.73. The van der Waals surface area contributed by atoms with Crippen LogP contribution in [0.5, 0.6) is 0 Å². The first-order chi connectivity index (χ1) is 10.8. The SMILES string of the molecule is CSc1ncccc1C(=O)N1CC=C(c2ccccc2)CC1. The Hall–Kier alpha value is -2.07. The lowest BCUT2D eigenvalue weighted by molar-refractivity contribution is 0.0768. The molecule has 1 aromatic heterocycles. The molecular weight excluding hydrogens is 292 g/mol. The molecule has 22 heavy (non-hydrogen) atoms. The van der Waals surface area contributed by atoms with E-state index < -0.39 is 0 Å². The van der Waals surface area contributed by atoms with Crippen molar-refractivity contribution in [2.45, 2.75) is 11.4 Å². The summed E-state index contributed by atoms with van der Waals surface area (Å²) in [5, 5.41) is 0.797. The lowest BCUT2D eigenvalue weighted by atomic mass is 9.99. The summed E-state index contributed by atoms with van der Waals surface area (Å²) >= 11 is 1.51. The Labute approximate surface area is 135 Å². The number of carbonyl (C=O) groups excluding carboxylic acids is 1. The molecule has 1 aromatic carbocycles. The number of nitrogens with zero attached hydrogens (tertiary/aromatic N) is 2. The molecule has 2 aromatic rings. The number of carbonyl (C=O) groups is 1. The fourth-order valence-electron chi connectivity index (χ4n) is 2.65. The molecule has 0 N–H and O–H groups in total. The van der Waals surface area contributed by atoms with Crippen LogP contribution < -0.4 is 0 Å². The molecule has 4 heteroatoms. The number of hydrogen-bond acceptors (Lipinski definition) is 3. The van der Waals surface area contributed by atoms with E-state index in [1.54, 1.807) is 6.20 Å². The molecule has 0 aliphatic carbocycles. The van der Waals surface area contributed by atoms with Gasteiger partial charge in [0.05, 0.1) is 5.56 Å². The first kappa shape index (κ1) is 14.9. The molecule has 0 bridgehead atoms. The molecule has 1 aliphatic heterocycles. The van der Waals surface area contributed by atoms with Gasteiger partial charge in [0.15, 0.2) is 0 Å². The largest absolute Gasteiger partial charge is 0.334 e. The van der Waals surface area contributed by atoms with Crippen LogP contribution in [0, 0.1) is 0 Å². The van der Waals surface area contributed by atoms with Crippen molar-refractivity contribution in [3.05, 3.63) is 65.9 Å². The second kappa shape index (κ2) is 6.79. The van der Waals surface area contributed by atoms with E-state index in [1.807, 2.05) is 41.5 Å². The predicted octanol–water partition coefficient (Wildman–Crippen LogP) is 3.73. The monoisotopic (exact) mass is 310 g/mol. The van der Waals surface area contributed by atoms with Crippen molar-refractivity contribution >= 4 is 23.2 Å². The summed E-state index contributed by atoms with van der Waals surface area (Å²) in [5.74, 6) is 0.0702. The van der Waals surface area contributed by atoms with Crippen LogP contribution in [-0.4, -0.2) is 35.1 Å². The standard InChI is InChI=1S/C18H18N2OS/c1-22-17-16(8-5-11-19-17)18(21)20-12-9-15(10-13-20)14-6-3-2-4-7-14/h2-9,11H,10,12-13H2,1H3. The van der Waals surface area contributed by atoms with E-state index in [0.717, 1.165) is 18.0 Å². The first-order valence-corrected chi connectivity index (χ1v) is 8.55. The van der Waals surface area contributed by atoms with Crippen molar-refractivity contribution < 1.29 is 4.79 Å². The van der Waals surface area contributed by atoms with Crippen LogP contribution in [0.15, 0.2) is 59.8 Å². The maximum atomic E-state index is 12.7. The lowest BCUT2D eigenvalue weighted by Crippen LogP contribution is -2.35. The highest BCUT2D eigenvalue weighted by atomic mass is 32.2. The summed E-state index contributed by atoms with van der Waals surface area (Å²) in [5.41, 5.74) is 3.27. The highest BCUT2D eigenvalue weighted by molar-refractivity contribution is 7.98. The molecule has 2 heterocycles. The Balaban J connectivity index is 1.76. The molecule has 112 valence electrons. The summed E-state index contributed by atoms with van der Waals surface area (Å²) in [6, 6.07) is 14.0. The van der Waals surface area contributed by atoms with Gasteiger partial charge in [0.25, 0.3) is 5.91 Å². The smallest absolute Gasteiger partial charge is 0.256 e. The minimum Gasteiger partial charge on any atom is -0.334 e. The van der Waals surface area contributed by atoms with Gasteiger partial charge < -0.3 is 4.90 Å². The summed E-state index contributed by atoms with van der Waals surface area (Å²) in [4.78, 5) is 18.8. The van der Waals surface area contributed by atoms with Gasteiger partial charge in [-0.1, -0.05) is 36.4 Å². The third-order valence-electron chi connectivity index (χ3n) is 3.84. The minimum atomic E-state index is 0.0702. The molecule has 3 rings (SSSR count). The van der Waals surface area contributed by atoms with E-state index in [4.69, 9.17) is 0 Å². The van der Waals surface area contributed by atoms with E-state index >= 15 is 0 Å². The number of hydrogen-bond donors (Lipinski definition) is 0. The number of thioether (sulfide) groups is 1. The van der Waals surface area contributed by atoms with Gasteiger partial charge in [-0.3, -0.25) is 4.79 Å². The highest BCUT2D eigenvalue weighted by Gasteiger charge is 2.21. The van der Waals surface area contributed by atoms with Gasteiger partial charge in [-0.25, -0.2) is 4.98 Å². The second-order valence-corrected chi connectivity index (χ2v) is 5.95. The quantitative estimate of drug-likeness (QED) is 0.810. The van der Waals surface area contributed by atoms with Crippen LogP contribution in [0.3, 0.4) is 0 Å². The van der Waals surface area contributed by atoms with E-state index in [-0.39, 0.29) is 5.91 Å². The zero-order chi connectivity index (χ0) is 15.4. The average Bonchev–Trinajstić information content (AvgIpc) is 2.62. The van der Waals surface area contributed by atoms with Crippen LogP contribution in [0.2, 0.25) is 0 Å². The normalized spacial score (nSPS) is 14.6. The van der Waals surface area contributed by atoms with Crippen LogP contribution >= 0.6 is 11.8 Å². The molecule has 0 radical (unpaired) electrons. The summed E-state index contributed by atoms with van der Waals surface area (Å²) in [7, 11) is 0. The zero-order valence-electron chi connectivity index (χ0n) is 12.5. The Bertz CT molecular complexity index is 697. The molecule has 1 amide bonds. The van der Waals surface area contributed by atoms with Gasteiger partial charge in [0, 0.05) is 19.3 Å². The fraction of sp³-hybridized carbons (Fsp3) is 0.222. The number of amides is 1. The first-order valence-electron chi connectivity index (χ1n) is 7.32. The summed E-state index contributed by atoms with van der Waals surface area (Å²) < 4.78 is 0. The number of aromatic nitrogens is 1. The zero-order valence-corrected chi connectivity index (χ0v) is 13.3. The Kier molecular flexibility index (Phi) is 4.59. The number of pyridine rings is 1. The Morgan fingerprint density at radius 1 is 1.18 bits per heavy atom. The molecule has 1 aliphatic rings. The second-order valence-electron chi connectivity index (χ2n) is 5.16. The van der Waals surface area contributed by atoms with Crippen molar-refractivity contribution in [3.63, 3.8) is 0 Å². The van der Waals surface area contributed by atoms with E-state index in [1.165, 1.54) is 22.9 Å². The topological polar surface area (TPSA) is 33.2 Å². The van der Waals surface area contributed by atoms with Crippen molar-refractivity contribution in [3.8, 4) is 0 Å². The van der Waals surface area contributed by atoms with Crippen LogP contribution in [0.1, 0.15) is 22.3 Å². The van der Waals surface area contributed by atoms with Crippen molar-refractivity contribution in [1.29, 1.82) is 0 Å². The van der Waals surface area contributed by atoms with Crippen molar-refractivity contribution in [1.82, 2.24) is 9.88 Å². The molecule has 3 nitrogen and oxygen atoms in total. The average molecular weight is 310 g/mol. The lowest BCUT2D eigenvalue weighted by Gasteiger charge is -2.27. The molecule has 0 fully saturated rings. The van der Waals surface area contributed by atoms with Crippen LogP contribution in [0.25, 0.3) is 5.57 Å². The van der Waals surface area contributed by atoms with Gasteiger partial charge in [0.1, 0.15) is 5.03 Å². The molecule has 0 atom stereocenters. The van der Waals surface area contributed by atoms with Crippen LogP contribution in [-0.2, 0) is 0 Å². The maximum absolute atomic E-state index is 12.7. The minimum absolute atomic E-state index is 0.0702. The summed E-state index contributed by atoms with van der Waals surface area (Å²) in [6.45, 7) is 1.41. The predicted molar refractivity (Wildman–Crippen MR) is 91.0 cm³/mol. The molecule has 0 saturated carbocycles. The fourth-order valence-corrected chi connectivity index (χ4v) is 3.20. The third kappa shape index (κ3) is 3.07. The van der Waals surface area contributed by atoms with Crippen molar-refractivity contribution in [2.24, 2.45) is 0 Å². The molecular formula is C18H18N2OS. The van der Waals surface area contributed by atoms with E-state index in [9.17, 15) is 4.79 Å². The maximum Gasteiger partial charge on any atom is 0.256 e. The van der Waals surface area contributed by atoms with Gasteiger partial charge in [-0.15, -0.1) is 11.8 Å². The molecule has 0 spiro atoms. The van der Waals surface area contributed by atoms with Gasteiger partial charge in [-0.05, 0) is 35.9 Å². The number of benzene rings is 1. The van der Waals surface area contributed by atoms with Crippen molar-refractivity contribution in [2.75, 3.05) is 19.3 Å². The third-order valence-corrected chi connectivity index (χ3v) is 4.55. The van der Waals surface area contributed by atoms with Gasteiger partial charge >= 0.3 is 0 Å². The van der Waals surface area contributed by atoms with Gasteiger partial charge in [-0.2, -0.15) is 0 Å². The van der Waals surface area contributed by atoms with Gasteiger partial charge in [0.2, 0.25) is 0 Å². The highest BCUT2D eigenvalue weighted by Crippen LogP contribution is 2.24. The molecule has 0 unspecified atom stereocenters. The number of rotatable bonds is 3. The molecule has 0 saturated heterocycles. The Morgan fingerprint density at radius 3 is 2.68 bits per heavy atom. The van der Waals surface area contributed by atoms with E-state index in [2.05, 4.69) is 23.2 Å². The Morgan fingerprint density at radius 2 is 2.00 bits per heavy atom. The van der Waals surface area contributed by atoms with Crippen LogP contribution in [0.4, 0.5) is 0 Å². The van der Waals surface area contributed by atoms with E-state index in [0.29, 0.717) is 12.1 Å².